The van der Waals surface area contributed by atoms with Crippen LogP contribution in [0.2, 0.25) is 0 Å². The third-order valence-corrected chi connectivity index (χ3v) is 6.81. The Morgan fingerprint density at radius 3 is 2.08 bits per heavy atom. The zero-order chi connectivity index (χ0) is 18.7. The maximum absolute atomic E-state index is 6.31. The lowest BCUT2D eigenvalue weighted by Crippen LogP contribution is -2.41. The van der Waals surface area contributed by atoms with Gasteiger partial charge in [-0.15, -0.1) is 11.3 Å². The molecule has 0 bridgehead atoms. The number of benzene rings is 2. The van der Waals surface area contributed by atoms with Gasteiger partial charge in [-0.2, -0.15) is 0 Å². The standard InChI is InChI=1S/C22H25BO2S/c1-14-7-9-16(10-8-14)17-11-12-19(20-18(17)13-15(2)26-20)23-24-21(3,4)22(5,6)25-23/h7-13H,1-6H3. The van der Waals surface area contributed by atoms with E-state index in [0.29, 0.717) is 0 Å². The lowest BCUT2D eigenvalue weighted by molar-refractivity contribution is 0.00578. The monoisotopic (exact) mass is 364 g/mol. The lowest BCUT2D eigenvalue weighted by Gasteiger charge is -2.32. The first-order valence-corrected chi connectivity index (χ1v) is 9.95. The van der Waals surface area contributed by atoms with E-state index < -0.39 is 0 Å². The minimum Gasteiger partial charge on any atom is -0.399 e. The highest BCUT2D eigenvalue weighted by Crippen LogP contribution is 2.39. The zero-order valence-corrected chi connectivity index (χ0v) is 17.2. The molecule has 1 fully saturated rings. The van der Waals surface area contributed by atoms with Gasteiger partial charge in [0.1, 0.15) is 0 Å². The molecule has 0 saturated carbocycles. The maximum atomic E-state index is 6.31. The Balaban J connectivity index is 1.84. The molecule has 0 unspecified atom stereocenters. The van der Waals surface area contributed by atoms with Crippen molar-refractivity contribution in [3.8, 4) is 11.1 Å². The van der Waals surface area contributed by atoms with Crippen LogP contribution in [0.3, 0.4) is 0 Å². The summed E-state index contributed by atoms with van der Waals surface area (Å²) in [4.78, 5) is 1.30. The van der Waals surface area contributed by atoms with E-state index in [4.69, 9.17) is 9.31 Å². The number of fused-ring (bicyclic) bond motifs is 1. The molecule has 0 atom stereocenters. The average Bonchev–Trinajstić information content (AvgIpc) is 3.03. The van der Waals surface area contributed by atoms with Crippen molar-refractivity contribution >= 4 is 34.0 Å². The van der Waals surface area contributed by atoms with Gasteiger partial charge in [0.15, 0.2) is 0 Å². The predicted octanol–water partition coefficient (Wildman–Crippen LogP) is 5.48. The number of thiophene rings is 1. The summed E-state index contributed by atoms with van der Waals surface area (Å²) in [7, 11) is -0.326. The van der Waals surface area contributed by atoms with Crippen LogP contribution >= 0.6 is 11.3 Å². The van der Waals surface area contributed by atoms with Gasteiger partial charge in [0.2, 0.25) is 0 Å². The lowest BCUT2D eigenvalue weighted by atomic mass is 9.77. The number of hydrogen-bond acceptors (Lipinski definition) is 3. The molecule has 0 aliphatic carbocycles. The third kappa shape index (κ3) is 2.81. The van der Waals surface area contributed by atoms with Gasteiger partial charge in [0, 0.05) is 20.4 Å². The van der Waals surface area contributed by atoms with Crippen LogP contribution in [-0.4, -0.2) is 18.3 Å². The average molecular weight is 364 g/mol. The first-order chi connectivity index (χ1) is 12.2. The topological polar surface area (TPSA) is 18.5 Å². The molecule has 0 N–H and O–H groups in total. The van der Waals surface area contributed by atoms with E-state index in [9.17, 15) is 0 Å². The molecule has 1 saturated heterocycles. The molecule has 0 radical (unpaired) electrons. The van der Waals surface area contributed by atoms with Crippen molar-refractivity contribution in [1.82, 2.24) is 0 Å². The minimum absolute atomic E-state index is 0.326. The highest BCUT2D eigenvalue weighted by Gasteiger charge is 2.52. The molecule has 0 amide bonds. The van der Waals surface area contributed by atoms with E-state index in [1.807, 2.05) is 11.3 Å². The van der Waals surface area contributed by atoms with Crippen LogP contribution in [0.1, 0.15) is 38.1 Å². The Labute approximate surface area is 160 Å². The van der Waals surface area contributed by atoms with E-state index in [0.717, 1.165) is 5.46 Å². The van der Waals surface area contributed by atoms with Crippen molar-refractivity contribution in [2.45, 2.75) is 52.7 Å². The molecule has 4 rings (SSSR count). The van der Waals surface area contributed by atoms with Gasteiger partial charge in [0.25, 0.3) is 0 Å². The molecular formula is C22H25BO2S. The Bertz CT molecular complexity index is 954. The molecule has 134 valence electrons. The second kappa shape index (κ2) is 5.95. The molecule has 2 nitrogen and oxygen atoms in total. The molecule has 0 spiro atoms. The first kappa shape index (κ1) is 17.8. The van der Waals surface area contributed by atoms with Gasteiger partial charge in [-0.3, -0.25) is 0 Å². The van der Waals surface area contributed by atoms with E-state index >= 15 is 0 Å². The van der Waals surface area contributed by atoms with Crippen LogP contribution in [0.5, 0.6) is 0 Å². The van der Waals surface area contributed by atoms with Crippen LogP contribution < -0.4 is 5.46 Å². The Morgan fingerprint density at radius 1 is 0.846 bits per heavy atom. The Morgan fingerprint density at radius 2 is 1.46 bits per heavy atom. The van der Waals surface area contributed by atoms with Crippen LogP contribution in [0.25, 0.3) is 21.2 Å². The quantitative estimate of drug-likeness (QED) is 0.560. The van der Waals surface area contributed by atoms with Gasteiger partial charge in [-0.25, -0.2) is 0 Å². The number of hydrogen-bond donors (Lipinski definition) is 0. The summed E-state index contributed by atoms with van der Waals surface area (Å²) < 4.78 is 13.9. The van der Waals surface area contributed by atoms with Crippen LogP contribution in [-0.2, 0) is 9.31 Å². The van der Waals surface area contributed by atoms with Gasteiger partial charge < -0.3 is 9.31 Å². The summed E-state index contributed by atoms with van der Waals surface area (Å²) in [6.45, 7) is 12.7. The van der Waals surface area contributed by atoms with E-state index in [-0.39, 0.29) is 18.3 Å². The van der Waals surface area contributed by atoms with Crippen LogP contribution in [0, 0.1) is 13.8 Å². The largest absolute Gasteiger partial charge is 0.496 e. The van der Waals surface area contributed by atoms with Crippen molar-refractivity contribution in [1.29, 1.82) is 0 Å². The van der Waals surface area contributed by atoms with Crippen LogP contribution in [0.15, 0.2) is 42.5 Å². The fourth-order valence-corrected chi connectivity index (χ4v) is 4.47. The normalized spacial score (nSPS) is 18.6. The second-order valence-electron chi connectivity index (χ2n) is 8.26. The highest BCUT2D eigenvalue weighted by atomic mass is 32.1. The Kier molecular flexibility index (Phi) is 4.07. The van der Waals surface area contributed by atoms with Crippen molar-refractivity contribution < 1.29 is 9.31 Å². The fraction of sp³-hybridized carbons (Fsp3) is 0.364. The molecule has 3 aromatic rings. The molecule has 1 aromatic heterocycles. The molecule has 26 heavy (non-hydrogen) atoms. The summed E-state index contributed by atoms with van der Waals surface area (Å²) in [6, 6.07) is 15.4. The summed E-state index contributed by atoms with van der Waals surface area (Å²) in [5, 5.41) is 1.28. The van der Waals surface area contributed by atoms with E-state index in [1.54, 1.807) is 0 Å². The van der Waals surface area contributed by atoms with Gasteiger partial charge in [-0.05, 0) is 58.7 Å². The van der Waals surface area contributed by atoms with Crippen molar-refractivity contribution in [3.63, 3.8) is 0 Å². The first-order valence-electron chi connectivity index (χ1n) is 9.14. The predicted molar refractivity (Wildman–Crippen MR) is 112 cm³/mol. The smallest absolute Gasteiger partial charge is 0.399 e. The summed E-state index contributed by atoms with van der Waals surface area (Å²) in [6.07, 6.45) is 0. The van der Waals surface area contributed by atoms with Gasteiger partial charge >= 0.3 is 7.12 Å². The van der Waals surface area contributed by atoms with Gasteiger partial charge in [-0.1, -0.05) is 42.0 Å². The SMILES string of the molecule is Cc1ccc(-c2ccc(B3OC(C)(C)C(C)(C)O3)c3sc(C)cc23)cc1. The zero-order valence-electron chi connectivity index (χ0n) is 16.3. The molecule has 1 aliphatic rings. The summed E-state index contributed by atoms with van der Waals surface area (Å²) >= 11 is 1.82. The highest BCUT2D eigenvalue weighted by molar-refractivity contribution is 7.20. The summed E-state index contributed by atoms with van der Waals surface area (Å²) in [5.41, 5.74) is 4.27. The molecular weight excluding hydrogens is 339 g/mol. The second-order valence-corrected chi connectivity index (χ2v) is 9.51. The molecule has 1 aliphatic heterocycles. The number of rotatable bonds is 2. The van der Waals surface area contributed by atoms with E-state index in [1.165, 1.54) is 31.7 Å². The van der Waals surface area contributed by atoms with Crippen LogP contribution in [0.4, 0.5) is 0 Å². The minimum atomic E-state index is -0.327. The molecule has 2 aromatic carbocycles. The molecule has 2 heterocycles. The Hall–Kier alpha value is -1.62. The fourth-order valence-electron chi connectivity index (χ4n) is 3.41. The third-order valence-electron chi connectivity index (χ3n) is 5.71. The van der Waals surface area contributed by atoms with E-state index in [2.05, 4.69) is 84.0 Å². The van der Waals surface area contributed by atoms with Crippen molar-refractivity contribution in [2.24, 2.45) is 0 Å². The molecule has 4 heteroatoms. The van der Waals surface area contributed by atoms with Crippen molar-refractivity contribution in [2.75, 3.05) is 0 Å². The van der Waals surface area contributed by atoms with Crippen molar-refractivity contribution in [3.05, 3.63) is 52.9 Å². The summed E-state index contributed by atoms with van der Waals surface area (Å²) in [5.74, 6) is 0. The maximum Gasteiger partial charge on any atom is 0.496 e. The number of aryl methyl sites for hydroxylation is 2. The van der Waals surface area contributed by atoms with Gasteiger partial charge in [0.05, 0.1) is 11.2 Å².